The van der Waals surface area contributed by atoms with Crippen LogP contribution < -0.4 is 5.73 Å². The maximum atomic E-state index is 6.05. The predicted octanol–water partition coefficient (Wildman–Crippen LogP) is 3.64. The van der Waals surface area contributed by atoms with Gasteiger partial charge in [-0.25, -0.2) is 9.97 Å². The molecule has 0 unspecified atom stereocenters. The molecule has 0 aliphatic carbocycles. The van der Waals surface area contributed by atoms with Crippen molar-refractivity contribution in [3.05, 3.63) is 32.7 Å². The number of halogens is 1. The summed E-state index contributed by atoms with van der Waals surface area (Å²) in [5.41, 5.74) is 9.91. The fourth-order valence-electron chi connectivity index (χ4n) is 2.02. The third-order valence-electron chi connectivity index (χ3n) is 3.01. The van der Waals surface area contributed by atoms with Gasteiger partial charge in [0.05, 0.1) is 9.26 Å². The van der Waals surface area contributed by atoms with Crippen molar-refractivity contribution in [3.63, 3.8) is 0 Å². The van der Waals surface area contributed by atoms with Gasteiger partial charge in [-0.3, -0.25) is 4.98 Å². The van der Waals surface area contributed by atoms with Gasteiger partial charge in [0.1, 0.15) is 11.5 Å². The van der Waals surface area contributed by atoms with E-state index in [-0.39, 0.29) is 5.41 Å². The topological polar surface area (TPSA) is 64.7 Å². The zero-order chi connectivity index (χ0) is 15.1. The lowest BCUT2D eigenvalue weighted by molar-refractivity contribution is 0.564. The van der Waals surface area contributed by atoms with Crippen LogP contribution in [0.2, 0.25) is 0 Å². The summed E-state index contributed by atoms with van der Waals surface area (Å²) in [5, 5.41) is 0. The molecule has 20 heavy (non-hydrogen) atoms. The number of nitrogens with zero attached hydrogens (tertiary/aromatic N) is 3. The first-order chi connectivity index (χ1) is 9.20. The van der Waals surface area contributed by atoms with Gasteiger partial charge in [0.15, 0.2) is 5.82 Å². The van der Waals surface area contributed by atoms with E-state index in [0.29, 0.717) is 11.6 Å². The summed E-state index contributed by atoms with van der Waals surface area (Å²) in [6.07, 6.45) is 1.83. The second-order valence-electron chi connectivity index (χ2n) is 6.02. The van der Waals surface area contributed by atoms with E-state index in [1.54, 1.807) is 0 Å². The first kappa shape index (κ1) is 15.2. The molecular weight excluding hydrogens is 363 g/mol. The molecule has 0 saturated heterocycles. The minimum Gasteiger partial charge on any atom is -0.383 e. The summed E-state index contributed by atoms with van der Waals surface area (Å²) < 4.78 is 0.920. The summed E-state index contributed by atoms with van der Waals surface area (Å²) in [5.74, 6) is 1.12. The maximum absolute atomic E-state index is 6.05. The van der Waals surface area contributed by atoms with Crippen molar-refractivity contribution in [2.24, 2.45) is 0 Å². The SMILES string of the molecule is Cc1cnc(-c2nc(N)c(I)c(C(C)(C)C)n2)c(C)c1. The van der Waals surface area contributed by atoms with E-state index in [9.17, 15) is 0 Å². The normalized spacial score (nSPS) is 11.7. The number of hydrogen-bond donors (Lipinski definition) is 1. The first-order valence-corrected chi connectivity index (χ1v) is 7.55. The number of aryl methyl sites for hydroxylation is 2. The van der Waals surface area contributed by atoms with E-state index in [4.69, 9.17) is 10.7 Å². The monoisotopic (exact) mass is 382 g/mol. The molecule has 0 amide bonds. The van der Waals surface area contributed by atoms with Gasteiger partial charge in [0.25, 0.3) is 0 Å². The van der Waals surface area contributed by atoms with E-state index in [2.05, 4.69) is 59.4 Å². The number of nitrogens with two attached hydrogens (primary N) is 1. The first-order valence-electron chi connectivity index (χ1n) is 6.47. The van der Waals surface area contributed by atoms with Gasteiger partial charge in [-0.1, -0.05) is 26.8 Å². The van der Waals surface area contributed by atoms with Gasteiger partial charge in [0, 0.05) is 11.6 Å². The van der Waals surface area contributed by atoms with Gasteiger partial charge >= 0.3 is 0 Å². The average Bonchev–Trinajstić information content (AvgIpc) is 2.31. The van der Waals surface area contributed by atoms with Crippen LogP contribution in [0.1, 0.15) is 37.6 Å². The van der Waals surface area contributed by atoms with Crippen molar-refractivity contribution >= 4 is 28.4 Å². The molecule has 4 nitrogen and oxygen atoms in total. The Hall–Kier alpha value is -1.24. The van der Waals surface area contributed by atoms with Crippen LogP contribution in [-0.2, 0) is 5.41 Å². The Morgan fingerprint density at radius 3 is 2.35 bits per heavy atom. The largest absolute Gasteiger partial charge is 0.383 e. The fraction of sp³-hybridized carbons (Fsp3) is 0.400. The lowest BCUT2D eigenvalue weighted by Crippen LogP contribution is -2.18. The molecule has 0 saturated carbocycles. The van der Waals surface area contributed by atoms with E-state index < -0.39 is 0 Å². The molecule has 2 aromatic heterocycles. The van der Waals surface area contributed by atoms with Crippen molar-refractivity contribution in [2.45, 2.75) is 40.0 Å². The summed E-state index contributed by atoms with van der Waals surface area (Å²) >= 11 is 2.21. The fourth-order valence-corrected chi connectivity index (χ4v) is 3.07. The second-order valence-corrected chi connectivity index (χ2v) is 7.10. The van der Waals surface area contributed by atoms with E-state index in [1.807, 2.05) is 20.0 Å². The number of rotatable bonds is 1. The number of aromatic nitrogens is 3. The highest BCUT2D eigenvalue weighted by molar-refractivity contribution is 14.1. The zero-order valence-electron chi connectivity index (χ0n) is 12.5. The van der Waals surface area contributed by atoms with Crippen LogP contribution in [0, 0.1) is 17.4 Å². The number of pyridine rings is 1. The van der Waals surface area contributed by atoms with Gasteiger partial charge in [-0.2, -0.15) is 0 Å². The van der Waals surface area contributed by atoms with Crippen LogP contribution >= 0.6 is 22.6 Å². The summed E-state index contributed by atoms with van der Waals surface area (Å²) in [4.78, 5) is 13.6. The number of nitrogen functional groups attached to an aromatic ring is 1. The Kier molecular flexibility index (Phi) is 4.00. The molecule has 2 rings (SSSR count). The zero-order valence-corrected chi connectivity index (χ0v) is 14.6. The van der Waals surface area contributed by atoms with Crippen molar-refractivity contribution < 1.29 is 0 Å². The quantitative estimate of drug-likeness (QED) is 0.765. The summed E-state index contributed by atoms with van der Waals surface area (Å²) in [6, 6.07) is 2.08. The minimum atomic E-state index is -0.0824. The summed E-state index contributed by atoms with van der Waals surface area (Å²) in [6.45, 7) is 10.4. The standard InChI is InChI=1S/C15H19IN4/c1-8-6-9(2)11(18-7-8)14-19-12(15(3,4)5)10(16)13(17)20-14/h6-7H,1-5H3,(H2,17,19,20). The molecule has 0 spiro atoms. The van der Waals surface area contributed by atoms with E-state index >= 15 is 0 Å². The minimum absolute atomic E-state index is 0.0824. The lowest BCUT2D eigenvalue weighted by atomic mass is 9.92. The molecule has 2 N–H and O–H groups in total. The van der Waals surface area contributed by atoms with Crippen LogP contribution in [0.5, 0.6) is 0 Å². The highest BCUT2D eigenvalue weighted by atomic mass is 127. The van der Waals surface area contributed by atoms with Crippen LogP contribution in [0.4, 0.5) is 5.82 Å². The molecule has 2 heterocycles. The Morgan fingerprint density at radius 1 is 1.15 bits per heavy atom. The third kappa shape index (κ3) is 2.92. The van der Waals surface area contributed by atoms with Crippen molar-refractivity contribution in [1.29, 1.82) is 0 Å². The molecular formula is C15H19IN4. The molecule has 0 aromatic carbocycles. The molecule has 0 aliphatic rings. The second kappa shape index (κ2) is 5.27. The smallest absolute Gasteiger partial charge is 0.180 e. The summed E-state index contributed by atoms with van der Waals surface area (Å²) in [7, 11) is 0. The van der Waals surface area contributed by atoms with Crippen molar-refractivity contribution in [1.82, 2.24) is 15.0 Å². The Morgan fingerprint density at radius 2 is 1.80 bits per heavy atom. The van der Waals surface area contributed by atoms with Crippen molar-refractivity contribution in [2.75, 3.05) is 5.73 Å². The number of hydrogen-bond acceptors (Lipinski definition) is 4. The predicted molar refractivity (Wildman–Crippen MR) is 90.6 cm³/mol. The van der Waals surface area contributed by atoms with Gasteiger partial charge in [-0.05, 0) is 47.6 Å². The molecule has 0 aliphatic heterocycles. The van der Waals surface area contributed by atoms with Gasteiger partial charge in [-0.15, -0.1) is 0 Å². The Bertz CT molecular complexity index is 660. The highest BCUT2D eigenvalue weighted by Crippen LogP contribution is 2.30. The Balaban J connectivity index is 2.67. The molecule has 0 atom stereocenters. The molecule has 0 bridgehead atoms. The molecule has 106 valence electrons. The van der Waals surface area contributed by atoms with E-state index in [1.165, 1.54) is 0 Å². The van der Waals surface area contributed by atoms with Gasteiger partial charge in [0.2, 0.25) is 0 Å². The van der Waals surface area contributed by atoms with Crippen LogP contribution in [0.3, 0.4) is 0 Å². The lowest BCUT2D eigenvalue weighted by Gasteiger charge is -2.21. The molecule has 0 radical (unpaired) electrons. The molecule has 5 heteroatoms. The van der Waals surface area contributed by atoms with Crippen LogP contribution in [0.25, 0.3) is 11.5 Å². The Labute approximate surface area is 133 Å². The van der Waals surface area contributed by atoms with Crippen molar-refractivity contribution in [3.8, 4) is 11.5 Å². The van der Waals surface area contributed by atoms with E-state index in [0.717, 1.165) is 26.1 Å². The highest BCUT2D eigenvalue weighted by Gasteiger charge is 2.23. The van der Waals surface area contributed by atoms with Crippen LogP contribution in [0.15, 0.2) is 12.3 Å². The maximum Gasteiger partial charge on any atom is 0.180 e. The average molecular weight is 382 g/mol. The molecule has 2 aromatic rings. The third-order valence-corrected chi connectivity index (χ3v) is 4.08. The number of anilines is 1. The van der Waals surface area contributed by atoms with Crippen LogP contribution in [-0.4, -0.2) is 15.0 Å². The van der Waals surface area contributed by atoms with Gasteiger partial charge < -0.3 is 5.73 Å². The molecule has 0 fully saturated rings.